The minimum atomic E-state index is 0.222. The normalized spacial score (nSPS) is 27.9. The summed E-state index contributed by atoms with van der Waals surface area (Å²) in [7, 11) is 0. The van der Waals surface area contributed by atoms with E-state index in [2.05, 4.69) is 47.8 Å². The van der Waals surface area contributed by atoms with Crippen molar-refractivity contribution in [2.45, 2.75) is 50.0 Å². The van der Waals surface area contributed by atoms with Crippen LogP contribution in [0.15, 0.2) is 54.6 Å². The van der Waals surface area contributed by atoms with Gasteiger partial charge in [0.15, 0.2) is 0 Å². The van der Waals surface area contributed by atoms with Gasteiger partial charge in [0.25, 0.3) is 0 Å². The number of nitrogens with one attached hydrogen (secondary N) is 1. The SMILES string of the molecule is Clc1ccc(C2CC3CCC(N3)C2OCc2cc3ccccc3s2)cc1. The first-order chi connectivity index (χ1) is 12.8. The van der Waals surface area contributed by atoms with Gasteiger partial charge >= 0.3 is 0 Å². The van der Waals surface area contributed by atoms with Crippen molar-refractivity contribution in [3.8, 4) is 0 Å². The Bertz CT molecular complexity index is 873. The van der Waals surface area contributed by atoms with E-state index >= 15 is 0 Å². The molecular weight excluding hydrogens is 362 g/mol. The maximum atomic E-state index is 6.54. The van der Waals surface area contributed by atoms with E-state index in [1.807, 2.05) is 23.5 Å². The molecule has 2 saturated heterocycles. The van der Waals surface area contributed by atoms with Crippen molar-refractivity contribution in [3.05, 3.63) is 70.1 Å². The van der Waals surface area contributed by atoms with Crippen LogP contribution in [-0.4, -0.2) is 18.2 Å². The molecule has 3 heterocycles. The molecule has 0 radical (unpaired) electrons. The maximum absolute atomic E-state index is 6.54. The molecule has 2 aromatic carbocycles. The van der Waals surface area contributed by atoms with E-state index in [-0.39, 0.29) is 6.10 Å². The smallest absolute Gasteiger partial charge is 0.0814 e. The Balaban J connectivity index is 1.38. The second-order valence-corrected chi connectivity index (χ2v) is 9.07. The van der Waals surface area contributed by atoms with Gasteiger partial charge in [0, 0.05) is 32.6 Å². The monoisotopic (exact) mass is 383 g/mol. The third-order valence-electron chi connectivity index (χ3n) is 5.80. The molecule has 2 bridgehead atoms. The molecule has 4 unspecified atom stereocenters. The van der Waals surface area contributed by atoms with E-state index in [0.29, 0.717) is 24.6 Å². The average molecular weight is 384 g/mol. The van der Waals surface area contributed by atoms with Crippen molar-refractivity contribution < 1.29 is 4.74 Å². The molecule has 0 aliphatic carbocycles. The van der Waals surface area contributed by atoms with Crippen LogP contribution in [0.25, 0.3) is 10.1 Å². The van der Waals surface area contributed by atoms with E-state index in [1.54, 1.807) is 0 Å². The predicted octanol–water partition coefficient (Wildman–Crippen LogP) is 5.75. The van der Waals surface area contributed by atoms with Crippen LogP contribution < -0.4 is 5.32 Å². The Kier molecular flexibility index (Phi) is 4.49. The van der Waals surface area contributed by atoms with E-state index in [1.165, 1.54) is 33.4 Å². The van der Waals surface area contributed by atoms with Crippen molar-refractivity contribution >= 4 is 33.0 Å². The van der Waals surface area contributed by atoms with Crippen molar-refractivity contribution in [2.24, 2.45) is 0 Å². The van der Waals surface area contributed by atoms with Crippen LogP contribution in [0.2, 0.25) is 5.02 Å². The van der Waals surface area contributed by atoms with Gasteiger partial charge in [-0.15, -0.1) is 11.3 Å². The molecule has 2 nitrogen and oxygen atoms in total. The Morgan fingerprint density at radius 2 is 1.92 bits per heavy atom. The summed E-state index contributed by atoms with van der Waals surface area (Å²) < 4.78 is 7.88. The molecule has 2 aliphatic heterocycles. The molecule has 3 aromatic rings. The maximum Gasteiger partial charge on any atom is 0.0814 e. The van der Waals surface area contributed by atoms with E-state index < -0.39 is 0 Å². The summed E-state index contributed by atoms with van der Waals surface area (Å²) in [5, 5.41) is 5.88. The third kappa shape index (κ3) is 3.18. The highest BCUT2D eigenvalue weighted by Crippen LogP contribution is 2.40. The van der Waals surface area contributed by atoms with Gasteiger partial charge in [0.2, 0.25) is 0 Å². The lowest BCUT2D eigenvalue weighted by Gasteiger charge is -2.37. The number of piperidine rings is 1. The second kappa shape index (κ2) is 6.97. The predicted molar refractivity (Wildman–Crippen MR) is 109 cm³/mol. The number of hydrogen-bond acceptors (Lipinski definition) is 3. The highest BCUT2D eigenvalue weighted by atomic mass is 35.5. The Morgan fingerprint density at radius 1 is 1.08 bits per heavy atom. The lowest BCUT2D eigenvalue weighted by molar-refractivity contribution is -0.0121. The standard InChI is InChI=1S/C22H22ClNOS/c23-16-7-5-14(6-8-16)19-12-17-9-10-20(24-17)22(19)25-13-18-11-15-3-1-2-4-21(15)26-18/h1-8,11,17,19-20,22,24H,9-10,12-13H2. The summed E-state index contributed by atoms with van der Waals surface area (Å²) in [5.41, 5.74) is 1.36. The molecular formula is C22H22ClNOS. The summed E-state index contributed by atoms with van der Waals surface area (Å²) in [4.78, 5) is 1.31. The zero-order chi connectivity index (χ0) is 17.5. The summed E-state index contributed by atoms with van der Waals surface area (Å²) in [5.74, 6) is 0.445. The van der Waals surface area contributed by atoms with Gasteiger partial charge in [-0.05, 0) is 54.5 Å². The Labute approximate surface area is 163 Å². The van der Waals surface area contributed by atoms with Gasteiger partial charge in [-0.25, -0.2) is 0 Å². The molecule has 0 saturated carbocycles. The van der Waals surface area contributed by atoms with E-state index in [4.69, 9.17) is 16.3 Å². The highest BCUT2D eigenvalue weighted by Gasteiger charge is 2.42. The molecule has 26 heavy (non-hydrogen) atoms. The van der Waals surface area contributed by atoms with Gasteiger partial charge in [0.1, 0.15) is 0 Å². The first-order valence-corrected chi connectivity index (χ1v) is 10.6. The lowest BCUT2D eigenvalue weighted by Crippen LogP contribution is -2.49. The largest absolute Gasteiger partial charge is 0.370 e. The zero-order valence-corrected chi connectivity index (χ0v) is 16.1. The van der Waals surface area contributed by atoms with Crippen LogP contribution >= 0.6 is 22.9 Å². The summed E-state index contributed by atoms with van der Waals surface area (Å²) in [6, 6.07) is 20.3. The average Bonchev–Trinajstić information content (AvgIpc) is 3.25. The van der Waals surface area contributed by atoms with E-state index in [9.17, 15) is 0 Å². The number of hydrogen-bond donors (Lipinski definition) is 1. The summed E-state index contributed by atoms with van der Waals surface area (Å²) >= 11 is 7.94. The van der Waals surface area contributed by atoms with Crippen LogP contribution in [-0.2, 0) is 11.3 Å². The van der Waals surface area contributed by atoms with Crippen molar-refractivity contribution in [1.29, 1.82) is 0 Å². The quantitative estimate of drug-likeness (QED) is 0.619. The number of ether oxygens (including phenoxy) is 1. The fourth-order valence-electron chi connectivity index (χ4n) is 4.57. The molecule has 1 N–H and O–H groups in total. The number of rotatable bonds is 4. The highest BCUT2D eigenvalue weighted by molar-refractivity contribution is 7.19. The molecule has 1 aromatic heterocycles. The number of thiophene rings is 1. The Morgan fingerprint density at radius 3 is 2.77 bits per heavy atom. The number of fused-ring (bicyclic) bond motifs is 3. The molecule has 4 atom stereocenters. The number of halogens is 1. The van der Waals surface area contributed by atoms with Gasteiger partial charge < -0.3 is 10.1 Å². The van der Waals surface area contributed by atoms with Gasteiger partial charge in [0.05, 0.1) is 12.7 Å². The van der Waals surface area contributed by atoms with Crippen LogP contribution in [0.5, 0.6) is 0 Å². The topological polar surface area (TPSA) is 21.3 Å². The first kappa shape index (κ1) is 16.8. The zero-order valence-electron chi connectivity index (χ0n) is 14.5. The fourth-order valence-corrected chi connectivity index (χ4v) is 5.68. The minimum absolute atomic E-state index is 0.222. The van der Waals surface area contributed by atoms with Crippen molar-refractivity contribution in [1.82, 2.24) is 5.32 Å². The lowest BCUT2D eigenvalue weighted by atomic mass is 9.83. The van der Waals surface area contributed by atoms with Crippen LogP contribution in [0.1, 0.15) is 35.6 Å². The molecule has 2 aliphatic rings. The molecule has 134 valence electrons. The van der Waals surface area contributed by atoms with E-state index in [0.717, 1.165) is 11.4 Å². The summed E-state index contributed by atoms with van der Waals surface area (Å²) in [6.45, 7) is 0.691. The Hall–Kier alpha value is -1.39. The van der Waals surface area contributed by atoms with Crippen LogP contribution in [0.3, 0.4) is 0 Å². The molecule has 4 heteroatoms. The van der Waals surface area contributed by atoms with Crippen LogP contribution in [0.4, 0.5) is 0 Å². The third-order valence-corrected chi connectivity index (χ3v) is 7.14. The fraction of sp³-hybridized carbons (Fsp3) is 0.364. The van der Waals surface area contributed by atoms with Gasteiger partial charge in [-0.3, -0.25) is 0 Å². The van der Waals surface area contributed by atoms with Crippen LogP contribution in [0, 0.1) is 0 Å². The molecule has 0 amide bonds. The second-order valence-electron chi connectivity index (χ2n) is 7.47. The minimum Gasteiger partial charge on any atom is -0.370 e. The van der Waals surface area contributed by atoms with Crippen molar-refractivity contribution in [3.63, 3.8) is 0 Å². The molecule has 2 fully saturated rings. The first-order valence-electron chi connectivity index (χ1n) is 9.37. The molecule has 5 rings (SSSR count). The van der Waals surface area contributed by atoms with Crippen molar-refractivity contribution in [2.75, 3.05) is 0 Å². The van der Waals surface area contributed by atoms with Gasteiger partial charge in [-0.2, -0.15) is 0 Å². The molecule has 0 spiro atoms. The summed E-state index contributed by atoms with van der Waals surface area (Å²) in [6.07, 6.45) is 3.85. The van der Waals surface area contributed by atoms with Gasteiger partial charge in [-0.1, -0.05) is 41.9 Å². The number of benzene rings is 2.